The molecule has 0 radical (unpaired) electrons. The smallest absolute Gasteiger partial charge is 0.307 e. The number of amides is 1. The Morgan fingerprint density at radius 3 is 2.53 bits per heavy atom. The lowest BCUT2D eigenvalue weighted by Crippen LogP contribution is -2.29. The van der Waals surface area contributed by atoms with E-state index in [1.165, 1.54) is 38.3 Å². The fourth-order valence-electron chi connectivity index (χ4n) is 1.48. The lowest BCUT2D eigenvalue weighted by Gasteiger charge is -2.16. The molecule has 1 amide bonds. The number of hydrogen-bond acceptors (Lipinski definition) is 4. The number of hydrogen-bond donors (Lipinski definition) is 0. The molecule has 0 saturated heterocycles. The first kappa shape index (κ1) is 14.9. The van der Waals surface area contributed by atoms with Gasteiger partial charge in [-0.15, -0.1) is 0 Å². The molecule has 0 N–H and O–H groups in total. The summed E-state index contributed by atoms with van der Waals surface area (Å²) in [5.41, 5.74) is 0.200. The van der Waals surface area contributed by atoms with Crippen LogP contribution in [0.1, 0.15) is 16.8 Å². The van der Waals surface area contributed by atoms with Crippen LogP contribution in [0.4, 0.5) is 4.39 Å². The number of carbonyl (C=O) groups is 2. The van der Waals surface area contributed by atoms with Crippen molar-refractivity contribution in [3.05, 3.63) is 29.6 Å². The SMILES string of the molecule is COC(=O)CCN(C)C(=O)c1ccc(OC)c(F)c1. The topological polar surface area (TPSA) is 55.8 Å². The maximum absolute atomic E-state index is 13.5. The molecule has 1 aromatic carbocycles. The molecule has 1 aromatic rings. The Bertz CT molecular complexity index is 476. The van der Waals surface area contributed by atoms with Crippen LogP contribution in [-0.2, 0) is 9.53 Å². The Morgan fingerprint density at radius 1 is 1.32 bits per heavy atom. The maximum atomic E-state index is 13.5. The predicted molar refractivity (Wildman–Crippen MR) is 66.5 cm³/mol. The Hall–Kier alpha value is -2.11. The Labute approximate surface area is 110 Å². The summed E-state index contributed by atoms with van der Waals surface area (Å²) in [5.74, 6) is -1.30. The van der Waals surface area contributed by atoms with Gasteiger partial charge >= 0.3 is 5.97 Å². The van der Waals surface area contributed by atoms with Crippen LogP contribution in [-0.4, -0.2) is 44.6 Å². The lowest BCUT2D eigenvalue weighted by atomic mass is 10.2. The van der Waals surface area contributed by atoms with Gasteiger partial charge in [0.1, 0.15) is 0 Å². The van der Waals surface area contributed by atoms with Crippen LogP contribution in [0.25, 0.3) is 0 Å². The number of ether oxygens (including phenoxy) is 2. The standard InChI is InChI=1S/C13H16FNO4/c1-15(7-6-12(16)19-3)13(17)9-4-5-11(18-2)10(14)8-9/h4-5,8H,6-7H2,1-3H3. The van der Waals surface area contributed by atoms with Crippen LogP contribution in [0.2, 0.25) is 0 Å². The van der Waals surface area contributed by atoms with Crippen LogP contribution < -0.4 is 4.74 Å². The van der Waals surface area contributed by atoms with E-state index in [4.69, 9.17) is 4.74 Å². The number of nitrogens with zero attached hydrogens (tertiary/aromatic N) is 1. The van der Waals surface area contributed by atoms with Crippen molar-refractivity contribution in [2.45, 2.75) is 6.42 Å². The highest BCUT2D eigenvalue weighted by Crippen LogP contribution is 2.18. The Kier molecular flexibility index (Phi) is 5.29. The zero-order valence-electron chi connectivity index (χ0n) is 11.1. The molecule has 1 rings (SSSR count). The second kappa shape index (κ2) is 6.72. The quantitative estimate of drug-likeness (QED) is 0.760. The third-order valence-electron chi connectivity index (χ3n) is 2.62. The highest BCUT2D eigenvalue weighted by molar-refractivity contribution is 5.94. The fraction of sp³-hybridized carbons (Fsp3) is 0.385. The minimum Gasteiger partial charge on any atom is -0.494 e. The molecule has 6 heteroatoms. The molecule has 5 nitrogen and oxygen atoms in total. The van der Waals surface area contributed by atoms with Crippen molar-refractivity contribution in [2.24, 2.45) is 0 Å². The average Bonchev–Trinajstić information content (AvgIpc) is 2.43. The van der Waals surface area contributed by atoms with Crippen molar-refractivity contribution in [1.29, 1.82) is 0 Å². The molecule has 0 atom stereocenters. The molecule has 0 fully saturated rings. The molecular formula is C13H16FNO4. The third kappa shape index (κ3) is 3.94. The van der Waals surface area contributed by atoms with E-state index < -0.39 is 11.8 Å². The van der Waals surface area contributed by atoms with Gasteiger partial charge < -0.3 is 14.4 Å². The van der Waals surface area contributed by atoms with Crippen molar-refractivity contribution >= 4 is 11.9 Å². The van der Waals surface area contributed by atoms with Crippen LogP contribution in [0.15, 0.2) is 18.2 Å². The molecule has 0 saturated carbocycles. The Morgan fingerprint density at radius 2 is 2.00 bits per heavy atom. The molecular weight excluding hydrogens is 253 g/mol. The molecule has 0 aromatic heterocycles. The van der Waals surface area contributed by atoms with Gasteiger partial charge in [0.15, 0.2) is 11.6 Å². The molecule has 0 aliphatic rings. The summed E-state index contributed by atoms with van der Waals surface area (Å²) >= 11 is 0. The van der Waals surface area contributed by atoms with Gasteiger partial charge in [-0.25, -0.2) is 4.39 Å². The number of esters is 1. The van der Waals surface area contributed by atoms with Crippen molar-refractivity contribution < 1.29 is 23.5 Å². The van der Waals surface area contributed by atoms with E-state index in [-0.39, 0.29) is 30.2 Å². The van der Waals surface area contributed by atoms with E-state index in [0.29, 0.717) is 0 Å². The van der Waals surface area contributed by atoms with Gasteiger partial charge in [-0.05, 0) is 18.2 Å². The van der Waals surface area contributed by atoms with Gasteiger partial charge in [-0.2, -0.15) is 0 Å². The van der Waals surface area contributed by atoms with E-state index in [1.54, 1.807) is 0 Å². The first-order valence-electron chi connectivity index (χ1n) is 5.65. The number of halogens is 1. The van der Waals surface area contributed by atoms with E-state index in [2.05, 4.69) is 4.74 Å². The zero-order chi connectivity index (χ0) is 14.4. The first-order valence-corrected chi connectivity index (χ1v) is 5.65. The van der Waals surface area contributed by atoms with E-state index in [1.807, 2.05) is 0 Å². The van der Waals surface area contributed by atoms with Crippen molar-refractivity contribution in [2.75, 3.05) is 27.8 Å². The van der Waals surface area contributed by atoms with Crippen LogP contribution in [0, 0.1) is 5.82 Å². The summed E-state index contributed by atoms with van der Waals surface area (Å²) < 4.78 is 22.7. The molecule has 0 heterocycles. The zero-order valence-corrected chi connectivity index (χ0v) is 11.1. The molecule has 0 aliphatic heterocycles. The second-order valence-electron chi connectivity index (χ2n) is 3.90. The summed E-state index contributed by atoms with van der Waals surface area (Å²) in [6.45, 7) is 0.207. The van der Waals surface area contributed by atoms with Gasteiger partial charge in [-0.1, -0.05) is 0 Å². The Balaban J connectivity index is 2.71. The normalized spacial score (nSPS) is 9.89. The second-order valence-corrected chi connectivity index (χ2v) is 3.90. The minimum atomic E-state index is -0.602. The highest BCUT2D eigenvalue weighted by atomic mass is 19.1. The molecule has 104 valence electrons. The molecule has 0 aliphatic carbocycles. The van der Waals surface area contributed by atoms with Crippen LogP contribution >= 0.6 is 0 Å². The largest absolute Gasteiger partial charge is 0.494 e. The first-order chi connectivity index (χ1) is 8.99. The lowest BCUT2D eigenvalue weighted by molar-refractivity contribution is -0.140. The van der Waals surface area contributed by atoms with E-state index in [9.17, 15) is 14.0 Å². The van der Waals surface area contributed by atoms with Crippen LogP contribution in [0.3, 0.4) is 0 Å². The van der Waals surface area contributed by atoms with Crippen molar-refractivity contribution in [3.8, 4) is 5.75 Å². The number of benzene rings is 1. The fourth-order valence-corrected chi connectivity index (χ4v) is 1.48. The number of carbonyl (C=O) groups excluding carboxylic acids is 2. The van der Waals surface area contributed by atoms with E-state index in [0.717, 1.165) is 6.07 Å². The van der Waals surface area contributed by atoms with Gasteiger partial charge in [0.05, 0.1) is 20.6 Å². The van der Waals surface area contributed by atoms with Crippen molar-refractivity contribution in [3.63, 3.8) is 0 Å². The van der Waals surface area contributed by atoms with Gasteiger partial charge in [-0.3, -0.25) is 9.59 Å². The summed E-state index contributed by atoms with van der Waals surface area (Å²) in [4.78, 5) is 24.3. The summed E-state index contributed by atoms with van der Waals surface area (Å²) in [6.07, 6.45) is 0.0946. The molecule has 0 unspecified atom stereocenters. The third-order valence-corrected chi connectivity index (χ3v) is 2.62. The summed E-state index contributed by atoms with van der Waals surface area (Å²) in [6, 6.07) is 3.96. The average molecular weight is 269 g/mol. The van der Waals surface area contributed by atoms with Crippen LogP contribution in [0.5, 0.6) is 5.75 Å². The number of methoxy groups -OCH3 is 2. The summed E-state index contributed by atoms with van der Waals surface area (Å²) in [7, 11) is 4.17. The molecule has 19 heavy (non-hydrogen) atoms. The highest BCUT2D eigenvalue weighted by Gasteiger charge is 2.15. The summed E-state index contributed by atoms with van der Waals surface area (Å²) in [5, 5.41) is 0. The minimum absolute atomic E-state index is 0.0776. The number of rotatable bonds is 5. The van der Waals surface area contributed by atoms with Gasteiger partial charge in [0.25, 0.3) is 5.91 Å². The monoisotopic (exact) mass is 269 g/mol. The molecule has 0 spiro atoms. The van der Waals surface area contributed by atoms with Gasteiger partial charge in [0.2, 0.25) is 0 Å². The maximum Gasteiger partial charge on any atom is 0.307 e. The molecule has 0 bridgehead atoms. The van der Waals surface area contributed by atoms with Crippen molar-refractivity contribution in [1.82, 2.24) is 4.90 Å². The predicted octanol–water partition coefficient (Wildman–Crippen LogP) is 1.47. The van der Waals surface area contributed by atoms with E-state index >= 15 is 0 Å². The van der Waals surface area contributed by atoms with Gasteiger partial charge in [0, 0.05) is 19.2 Å².